The second-order valence-corrected chi connectivity index (χ2v) is 5.72. The van der Waals surface area contributed by atoms with Crippen molar-refractivity contribution in [1.29, 1.82) is 0 Å². The minimum Gasteiger partial charge on any atom is -0.495 e. The number of rotatable bonds is 2. The normalized spacial score (nSPS) is 15.0. The van der Waals surface area contributed by atoms with Gasteiger partial charge < -0.3 is 15.0 Å². The number of nitrogens with zero attached hydrogens (tertiary/aromatic N) is 2. The summed E-state index contributed by atoms with van der Waals surface area (Å²) in [5.41, 5.74) is 6.07. The van der Waals surface area contributed by atoms with E-state index in [1.54, 1.807) is 19.4 Å². The van der Waals surface area contributed by atoms with Crippen LogP contribution in [0, 0.1) is 13.8 Å². The Bertz CT molecular complexity index is 1020. The first-order valence-electron chi connectivity index (χ1n) is 7.61. The molecule has 4 rings (SSSR count). The maximum absolute atomic E-state index is 12.5. The fourth-order valence-electron chi connectivity index (χ4n) is 2.91. The van der Waals surface area contributed by atoms with Crippen LogP contribution in [-0.2, 0) is 4.79 Å². The summed E-state index contributed by atoms with van der Waals surface area (Å²) in [5, 5.41) is 2.89. The molecule has 0 fully saturated rings. The van der Waals surface area contributed by atoms with Gasteiger partial charge in [-0.15, -0.1) is 0 Å². The Hall–Kier alpha value is -3.15. The standard InChI is InChI=1S/C18H16N4O2/c1-9-10(2)21-17-13(20-9)5-4-12-16(17)11(18(23)22-12)8-14-15(24-3)6-7-19-14/h4-8,19H,1-3H3,(H,22,23)/b11-8+. The highest BCUT2D eigenvalue weighted by Gasteiger charge is 2.28. The number of methoxy groups -OCH3 is 1. The van der Waals surface area contributed by atoms with Crippen LogP contribution in [0.1, 0.15) is 22.6 Å². The number of aryl methyl sites for hydroxylation is 2. The number of ether oxygens (including phenoxy) is 1. The lowest BCUT2D eigenvalue weighted by Crippen LogP contribution is -2.03. The number of carbonyl (C=O) groups excluding carboxylic acids is 1. The van der Waals surface area contributed by atoms with Crippen LogP contribution in [0.3, 0.4) is 0 Å². The molecule has 0 aliphatic carbocycles. The van der Waals surface area contributed by atoms with Crippen LogP contribution in [0.5, 0.6) is 5.75 Å². The summed E-state index contributed by atoms with van der Waals surface area (Å²) < 4.78 is 5.31. The van der Waals surface area contributed by atoms with Gasteiger partial charge in [-0.3, -0.25) is 4.79 Å². The van der Waals surface area contributed by atoms with Crippen LogP contribution in [0.2, 0.25) is 0 Å². The molecule has 1 amide bonds. The topological polar surface area (TPSA) is 79.9 Å². The summed E-state index contributed by atoms with van der Waals surface area (Å²) in [7, 11) is 1.60. The van der Waals surface area contributed by atoms with Crippen molar-refractivity contribution < 1.29 is 9.53 Å². The molecular formula is C18H16N4O2. The number of aromatic amines is 1. The SMILES string of the molecule is COc1cc[nH]c1/C=C1/C(=O)Nc2ccc3nc(C)c(C)nc3c21. The number of anilines is 1. The fraction of sp³-hybridized carbons (Fsp3) is 0.167. The Balaban J connectivity index is 1.99. The number of aromatic nitrogens is 3. The summed E-state index contributed by atoms with van der Waals surface area (Å²) >= 11 is 0. The maximum atomic E-state index is 12.5. The third kappa shape index (κ3) is 2.07. The summed E-state index contributed by atoms with van der Waals surface area (Å²) in [6.07, 6.45) is 3.56. The van der Waals surface area contributed by atoms with Crippen molar-refractivity contribution in [2.45, 2.75) is 13.8 Å². The number of hydrogen-bond acceptors (Lipinski definition) is 4. The Kier molecular flexibility index (Phi) is 3.13. The fourth-order valence-corrected chi connectivity index (χ4v) is 2.91. The quantitative estimate of drug-likeness (QED) is 0.711. The summed E-state index contributed by atoms with van der Waals surface area (Å²) in [6, 6.07) is 5.56. The number of H-pyrrole nitrogens is 1. The van der Waals surface area contributed by atoms with Gasteiger partial charge in [-0.25, -0.2) is 9.97 Å². The van der Waals surface area contributed by atoms with Crippen LogP contribution in [-0.4, -0.2) is 28.0 Å². The van der Waals surface area contributed by atoms with Gasteiger partial charge in [-0.1, -0.05) is 0 Å². The average Bonchev–Trinajstić information content (AvgIpc) is 3.14. The Morgan fingerprint density at radius 1 is 1.12 bits per heavy atom. The average molecular weight is 320 g/mol. The second-order valence-electron chi connectivity index (χ2n) is 5.72. The van der Waals surface area contributed by atoms with Crippen molar-refractivity contribution in [2.75, 3.05) is 12.4 Å². The van der Waals surface area contributed by atoms with Crippen LogP contribution >= 0.6 is 0 Å². The van der Waals surface area contributed by atoms with Gasteiger partial charge in [-0.05, 0) is 38.1 Å². The molecule has 3 heterocycles. The van der Waals surface area contributed by atoms with Crippen molar-refractivity contribution in [3.05, 3.63) is 47.0 Å². The number of nitrogens with one attached hydrogen (secondary N) is 2. The zero-order valence-electron chi connectivity index (χ0n) is 13.6. The van der Waals surface area contributed by atoms with E-state index in [-0.39, 0.29) is 5.91 Å². The first kappa shape index (κ1) is 14.4. The van der Waals surface area contributed by atoms with Gasteiger partial charge in [0.1, 0.15) is 5.75 Å². The van der Waals surface area contributed by atoms with Crippen LogP contribution in [0.4, 0.5) is 5.69 Å². The highest BCUT2D eigenvalue weighted by Crippen LogP contribution is 2.38. The zero-order chi connectivity index (χ0) is 16.8. The van der Waals surface area contributed by atoms with Gasteiger partial charge in [0, 0.05) is 11.8 Å². The van der Waals surface area contributed by atoms with Gasteiger partial charge in [0.05, 0.1) is 46.5 Å². The van der Waals surface area contributed by atoms with E-state index >= 15 is 0 Å². The lowest BCUT2D eigenvalue weighted by atomic mass is 10.0. The highest BCUT2D eigenvalue weighted by atomic mass is 16.5. The lowest BCUT2D eigenvalue weighted by Gasteiger charge is -2.07. The van der Waals surface area contributed by atoms with E-state index in [1.165, 1.54) is 0 Å². The number of benzene rings is 1. The molecule has 24 heavy (non-hydrogen) atoms. The molecule has 2 N–H and O–H groups in total. The Morgan fingerprint density at radius 3 is 2.71 bits per heavy atom. The number of amides is 1. The summed E-state index contributed by atoms with van der Waals surface area (Å²) in [6.45, 7) is 3.85. The van der Waals surface area contributed by atoms with E-state index in [0.717, 1.165) is 39.4 Å². The van der Waals surface area contributed by atoms with Crippen molar-refractivity contribution in [1.82, 2.24) is 15.0 Å². The van der Waals surface area contributed by atoms with Gasteiger partial charge in [0.15, 0.2) is 0 Å². The van der Waals surface area contributed by atoms with Crippen LogP contribution in [0.15, 0.2) is 24.4 Å². The van der Waals surface area contributed by atoms with Crippen LogP contribution in [0.25, 0.3) is 22.7 Å². The van der Waals surface area contributed by atoms with E-state index in [9.17, 15) is 4.79 Å². The molecule has 120 valence electrons. The Morgan fingerprint density at radius 2 is 1.92 bits per heavy atom. The highest BCUT2D eigenvalue weighted by molar-refractivity contribution is 6.37. The molecule has 0 saturated carbocycles. The number of fused-ring (bicyclic) bond motifs is 3. The van der Waals surface area contributed by atoms with Crippen molar-refractivity contribution >= 4 is 34.3 Å². The first-order chi connectivity index (χ1) is 11.6. The predicted octanol–water partition coefficient (Wildman–Crippen LogP) is 3.08. The van der Waals surface area contributed by atoms with E-state index < -0.39 is 0 Å². The third-order valence-electron chi connectivity index (χ3n) is 4.26. The van der Waals surface area contributed by atoms with Crippen molar-refractivity contribution in [3.63, 3.8) is 0 Å². The molecular weight excluding hydrogens is 304 g/mol. The molecule has 6 heteroatoms. The minimum absolute atomic E-state index is 0.158. The second kappa shape index (κ2) is 5.19. The number of carbonyl (C=O) groups is 1. The molecule has 1 aliphatic rings. The molecule has 0 saturated heterocycles. The monoisotopic (exact) mass is 320 g/mol. The van der Waals surface area contributed by atoms with E-state index in [1.807, 2.05) is 32.0 Å². The molecule has 3 aromatic rings. The molecule has 0 radical (unpaired) electrons. The van der Waals surface area contributed by atoms with E-state index in [4.69, 9.17) is 4.74 Å². The van der Waals surface area contributed by atoms with E-state index in [0.29, 0.717) is 11.3 Å². The molecule has 0 spiro atoms. The predicted molar refractivity (Wildman–Crippen MR) is 92.9 cm³/mol. The molecule has 6 nitrogen and oxygen atoms in total. The largest absolute Gasteiger partial charge is 0.495 e. The lowest BCUT2D eigenvalue weighted by molar-refractivity contribution is -0.110. The molecule has 2 aromatic heterocycles. The molecule has 0 bridgehead atoms. The van der Waals surface area contributed by atoms with Crippen LogP contribution < -0.4 is 10.1 Å². The third-order valence-corrected chi connectivity index (χ3v) is 4.26. The van der Waals surface area contributed by atoms with Gasteiger partial charge >= 0.3 is 0 Å². The van der Waals surface area contributed by atoms with Gasteiger partial charge in [-0.2, -0.15) is 0 Å². The number of hydrogen-bond donors (Lipinski definition) is 2. The van der Waals surface area contributed by atoms with Gasteiger partial charge in [0.2, 0.25) is 0 Å². The van der Waals surface area contributed by atoms with Crippen molar-refractivity contribution in [3.8, 4) is 5.75 Å². The van der Waals surface area contributed by atoms with Gasteiger partial charge in [0.25, 0.3) is 5.91 Å². The molecule has 1 aromatic carbocycles. The summed E-state index contributed by atoms with van der Waals surface area (Å²) in [5.74, 6) is 0.524. The zero-order valence-corrected chi connectivity index (χ0v) is 13.6. The Labute approximate surface area is 138 Å². The maximum Gasteiger partial charge on any atom is 0.256 e. The molecule has 0 atom stereocenters. The van der Waals surface area contributed by atoms with E-state index in [2.05, 4.69) is 20.3 Å². The van der Waals surface area contributed by atoms with Crippen molar-refractivity contribution in [2.24, 2.45) is 0 Å². The minimum atomic E-state index is -0.158. The molecule has 0 unspecified atom stereocenters. The molecule has 1 aliphatic heterocycles. The summed E-state index contributed by atoms with van der Waals surface area (Å²) in [4.78, 5) is 24.8. The first-order valence-corrected chi connectivity index (χ1v) is 7.61. The smallest absolute Gasteiger partial charge is 0.256 e.